The highest BCUT2D eigenvalue weighted by Crippen LogP contribution is 2.65. The van der Waals surface area contributed by atoms with E-state index in [0.717, 1.165) is 25.0 Å². The summed E-state index contributed by atoms with van der Waals surface area (Å²) in [7, 11) is 0. The molecule has 0 radical (unpaired) electrons. The molecule has 1 heterocycles. The summed E-state index contributed by atoms with van der Waals surface area (Å²) >= 11 is 0. The molecule has 4 aliphatic rings. The maximum atomic E-state index is 13.3. The summed E-state index contributed by atoms with van der Waals surface area (Å²) in [4.78, 5) is 13.3. The van der Waals surface area contributed by atoms with Crippen LogP contribution in [0.25, 0.3) is 0 Å². The number of amides is 1. The average Bonchev–Trinajstić information content (AvgIpc) is 2.99. The molecule has 6 rings (SSSR count). The molecular weight excluding hydrogens is 324 g/mol. The van der Waals surface area contributed by atoms with Crippen molar-refractivity contribution in [3.63, 3.8) is 0 Å². The molecule has 136 valence electrons. The van der Waals surface area contributed by atoms with Crippen LogP contribution < -0.4 is 5.32 Å². The highest BCUT2D eigenvalue weighted by Gasteiger charge is 2.60. The Morgan fingerprint density at radius 1 is 1.12 bits per heavy atom. The largest absolute Gasteiger partial charge is 0.360 e. The number of hydrogen-bond donors (Lipinski definition) is 1. The van der Waals surface area contributed by atoms with Gasteiger partial charge in [0.15, 0.2) is 5.82 Å². The summed E-state index contributed by atoms with van der Waals surface area (Å²) in [6.07, 6.45) is 6.80. The van der Waals surface area contributed by atoms with Crippen molar-refractivity contribution in [2.24, 2.45) is 17.3 Å². The summed E-state index contributed by atoms with van der Waals surface area (Å²) in [6, 6.07) is 10.8. The van der Waals surface area contributed by atoms with Gasteiger partial charge in [-0.1, -0.05) is 35.0 Å². The van der Waals surface area contributed by atoms with Crippen LogP contribution >= 0.6 is 0 Å². The van der Waals surface area contributed by atoms with E-state index >= 15 is 0 Å². The normalized spacial score (nSPS) is 34.8. The highest BCUT2D eigenvalue weighted by atomic mass is 16.5. The fourth-order valence-electron chi connectivity index (χ4n) is 6.45. The van der Waals surface area contributed by atoms with Crippen LogP contribution in [0.3, 0.4) is 0 Å². The SMILES string of the molecule is Cc1ccc(C23C[C@@H]4C[C@@H](CC(C(=O)Nc5cc(C)on5)(C4)C2)C3)cc1. The quantitative estimate of drug-likeness (QED) is 0.867. The zero-order valence-corrected chi connectivity index (χ0v) is 15.5. The fraction of sp³-hybridized carbons (Fsp3) is 0.545. The molecule has 2 aromatic rings. The van der Waals surface area contributed by atoms with Gasteiger partial charge in [0.2, 0.25) is 5.91 Å². The molecule has 4 saturated carbocycles. The standard InChI is InChI=1S/C22H26N2O2/c1-14-3-5-18(6-4-14)21-9-16-8-17(10-21)12-22(11-16,13-21)20(25)23-19-7-15(2)26-24-19/h3-7,16-17H,8-13H2,1-2H3,(H,23,24,25)/t16-,17+,21?,22?. The lowest BCUT2D eigenvalue weighted by Gasteiger charge is -2.61. The number of carbonyl (C=O) groups is 1. The number of rotatable bonds is 3. The zero-order valence-electron chi connectivity index (χ0n) is 15.5. The van der Waals surface area contributed by atoms with Crippen LogP contribution in [-0.2, 0) is 10.2 Å². The second kappa shape index (κ2) is 5.45. The maximum absolute atomic E-state index is 13.3. The lowest BCUT2D eigenvalue weighted by atomic mass is 9.42. The van der Waals surface area contributed by atoms with Crippen LogP contribution in [-0.4, -0.2) is 11.1 Å². The van der Waals surface area contributed by atoms with Crippen molar-refractivity contribution in [1.29, 1.82) is 0 Å². The van der Waals surface area contributed by atoms with Crippen molar-refractivity contribution in [2.75, 3.05) is 5.32 Å². The Bertz CT molecular complexity index is 837. The van der Waals surface area contributed by atoms with Gasteiger partial charge < -0.3 is 9.84 Å². The Morgan fingerprint density at radius 3 is 2.42 bits per heavy atom. The molecule has 1 aromatic heterocycles. The van der Waals surface area contributed by atoms with Crippen molar-refractivity contribution < 1.29 is 9.32 Å². The summed E-state index contributed by atoms with van der Waals surface area (Å²) in [5, 5.41) is 7.02. The fourth-order valence-corrected chi connectivity index (χ4v) is 6.45. The Kier molecular flexibility index (Phi) is 3.37. The summed E-state index contributed by atoms with van der Waals surface area (Å²) < 4.78 is 5.12. The van der Waals surface area contributed by atoms with E-state index < -0.39 is 0 Å². The second-order valence-electron chi connectivity index (χ2n) is 9.16. The van der Waals surface area contributed by atoms with Gasteiger partial charge in [-0.2, -0.15) is 0 Å². The van der Waals surface area contributed by atoms with Gasteiger partial charge in [0.1, 0.15) is 5.76 Å². The molecule has 4 atom stereocenters. The van der Waals surface area contributed by atoms with Crippen LogP contribution in [0.1, 0.15) is 55.4 Å². The van der Waals surface area contributed by atoms with Crippen molar-refractivity contribution in [3.05, 3.63) is 47.2 Å². The molecule has 26 heavy (non-hydrogen) atoms. The molecule has 0 spiro atoms. The number of nitrogens with one attached hydrogen (secondary N) is 1. The third kappa shape index (κ3) is 2.42. The van der Waals surface area contributed by atoms with E-state index in [0.29, 0.717) is 17.7 Å². The molecule has 4 heteroatoms. The predicted octanol–water partition coefficient (Wildman–Crippen LogP) is 4.77. The topological polar surface area (TPSA) is 55.1 Å². The second-order valence-corrected chi connectivity index (χ2v) is 9.16. The lowest BCUT2D eigenvalue weighted by Crippen LogP contribution is -2.58. The Morgan fingerprint density at radius 2 is 1.81 bits per heavy atom. The number of carbonyl (C=O) groups excluding carboxylic acids is 1. The molecule has 1 N–H and O–H groups in total. The molecule has 1 amide bonds. The van der Waals surface area contributed by atoms with Crippen molar-refractivity contribution >= 4 is 11.7 Å². The van der Waals surface area contributed by atoms with E-state index in [1.54, 1.807) is 6.07 Å². The minimum absolute atomic E-state index is 0.149. The van der Waals surface area contributed by atoms with Gasteiger partial charge >= 0.3 is 0 Å². The number of nitrogens with zero attached hydrogens (tertiary/aromatic N) is 1. The van der Waals surface area contributed by atoms with Gasteiger partial charge in [0.25, 0.3) is 0 Å². The smallest absolute Gasteiger partial charge is 0.231 e. The van der Waals surface area contributed by atoms with Crippen LogP contribution in [0.2, 0.25) is 0 Å². The van der Waals surface area contributed by atoms with Gasteiger partial charge in [-0.15, -0.1) is 0 Å². The predicted molar refractivity (Wildman–Crippen MR) is 99.8 cm³/mol. The summed E-state index contributed by atoms with van der Waals surface area (Å²) in [5.74, 6) is 2.76. The Balaban J connectivity index is 1.48. The average molecular weight is 350 g/mol. The third-order valence-electron chi connectivity index (χ3n) is 7.08. The minimum Gasteiger partial charge on any atom is -0.360 e. The van der Waals surface area contributed by atoms with Gasteiger partial charge in [-0.05, 0) is 75.2 Å². The lowest BCUT2D eigenvalue weighted by molar-refractivity contribution is -0.143. The molecule has 4 aliphatic carbocycles. The first kappa shape index (κ1) is 16.1. The van der Waals surface area contributed by atoms with Crippen LogP contribution in [0, 0.1) is 31.1 Å². The first-order valence-electron chi connectivity index (χ1n) is 9.78. The van der Waals surface area contributed by atoms with Crippen LogP contribution in [0.15, 0.2) is 34.9 Å². The third-order valence-corrected chi connectivity index (χ3v) is 7.08. The molecule has 4 nitrogen and oxygen atoms in total. The number of benzene rings is 1. The van der Waals surface area contributed by atoms with Gasteiger partial charge in [0, 0.05) is 6.07 Å². The van der Waals surface area contributed by atoms with Crippen molar-refractivity contribution in [2.45, 2.75) is 57.8 Å². The van der Waals surface area contributed by atoms with E-state index in [4.69, 9.17) is 4.52 Å². The zero-order chi connectivity index (χ0) is 17.9. The number of anilines is 1. The molecule has 0 aliphatic heterocycles. The van der Waals surface area contributed by atoms with Crippen molar-refractivity contribution in [3.8, 4) is 0 Å². The molecule has 4 fully saturated rings. The summed E-state index contributed by atoms with van der Waals surface area (Å²) in [6.45, 7) is 3.98. The Hall–Kier alpha value is -2.10. The maximum Gasteiger partial charge on any atom is 0.231 e. The number of aryl methyl sites for hydroxylation is 2. The van der Waals surface area contributed by atoms with Crippen LogP contribution in [0.4, 0.5) is 5.82 Å². The van der Waals surface area contributed by atoms with Crippen LogP contribution in [0.5, 0.6) is 0 Å². The minimum atomic E-state index is -0.248. The molecular formula is C22H26N2O2. The molecule has 4 bridgehead atoms. The molecule has 1 aromatic carbocycles. The highest BCUT2D eigenvalue weighted by molar-refractivity contribution is 5.95. The van der Waals surface area contributed by atoms with E-state index in [-0.39, 0.29) is 16.7 Å². The van der Waals surface area contributed by atoms with Gasteiger partial charge in [0.05, 0.1) is 5.41 Å². The Labute approximate surface area is 154 Å². The number of hydrogen-bond acceptors (Lipinski definition) is 3. The van der Waals surface area contributed by atoms with E-state index in [9.17, 15) is 4.79 Å². The van der Waals surface area contributed by atoms with E-state index in [2.05, 4.69) is 41.7 Å². The van der Waals surface area contributed by atoms with E-state index in [1.165, 1.54) is 30.4 Å². The monoisotopic (exact) mass is 350 g/mol. The first-order valence-corrected chi connectivity index (χ1v) is 9.78. The van der Waals surface area contributed by atoms with Crippen molar-refractivity contribution in [1.82, 2.24) is 5.16 Å². The molecule has 2 unspecified atom stereocenters. The number of aromatic nitrogens is 1. The van der Waals surface area contributed by atoms with E-state index in [1.807, 2.05) is 6.92 Å². The first-order chi connectivity index (χ1) is 12.5. The molecule has 0 saturated heterocycles. The van der Waals surface area contributed by atoms with Gasteiger partial charge in [-0.3, -0.25) is 4.79 Å². The van der Waals surface area contributed by atoms with Gasteiger partial charge in [-0.25, -0.2) is 0 Å². The summed E-state index contributed by atoms with van der Waals surface area (Å²) in [5.41, 5.74) is 2.66.